The van der Waals surface area contributed by atoms with Crippen molar-refractivity contribution in [2.24, 2.45) is 5.73 Å². The second-order valence-corrected chi connectivity index (χ2v) is 3.81. The number of methoxy groups -OCH3 is 1. The zero-order valence-electron chi connectivity index (χ0n) is 8.42. The number of hydrogen-bond acceptors (Lipinski definition) is 3. The molecule has 4 nitrogen and oxygen atoms in total. The first kappa shape index (κ1) is 12.2. The number of nitrogens with two attached hydrogens (primary N) is 1. The molecule has 1 aromatic carbocycles. The van der Waals surface area contributed by atoms with Crippen LogP contribution in [0.5, 0.6) is 0 Å². The van der Waals surface area contributed by atoms with Crippen LogP contribution in [0.15, 0.2) is 22.7 Å². The maximum Gasteiger partial charge on any atom is 0.238 e. The van der Waals surface area contributed by atoms with Gasteiger partial charge < -0.3 is 15.8 Å². The number of carbonyl (C=O) groups excluding carboxylic acids is 1. The van der Waals surface area contributed by atoms with Gasteiger partial charge in [0.25, 0.3) is 0 Å². The minimum Gasteiger partial charge on any atom is -0.380 e. The van der Waals surface area contributed by atoms with Crippen LogP contribution in [0.4, 0.5) is 5.69 Å². The van der Waals surface area contributed by atoms with Crippen LogP contribution < -0.4 is 11.1 Å². The Kier molecular flexibility index (Phi) is 4.74. The summed E-state index contributed by atoms with van der Waals surface area (Å²) in [5.41, 5.74) is 6.86. The fourth-order valence-electron chi connectivity index (χ4n) is 1.17. The van der Waals surface area contributed by atoms with Crippen LogP contribution >= 0.6 is 15.9 Å². The summed E-state index contributed by atoms with van der Waals surface area (Å²) >= 11 is 3.40. The average Bonchev–Trinajstić information content (AvgIpc) is 2.23. The molecule has 0 aromatic heterocycles. The van der Waals surface area contributed by atoms with E-state index in [0.29, 0.717) is 6.61 Å². The number of benzene rings is 1. The van der Waals surface area contributed by atoms with Crippen molar-refractivity contribution in [1.82, 2.24) is 0 Å². The van der Waals surface area contributed by atoms with Crippen LogP contribution in [-0.4, -0.2) is 19.6 Å². The minimum absolute atomic E-state index is 0.0288. The fraction of sp³-hybridized carbons (Fsp3) is 0.300. The van der Waals surface area contributed by atoms with Crippen molar-refractivity contribution in [1.29, 1.82) is 0 Å². The fourth-order valence-corrected chi connectivity index (χ4v) is 1.65. The van der Waals surface area contributed by atoms with Crippen molar-refractivity contribution in [2.45, 2.75) is 6.61 Å². The van der Waals surface area contributed by atoms with Gasteiger partial charge in [-0.05, 0) is 12.1 Å². The van der Waals surface area contributed by atoms with E-state index in [0.717, 1.165) is 15.7 Å². The number of carbonyl (C=O) groups is 1. The Morgan fingerprint density at radius 2 is 2.33 bits per heavy atom. The van der Waals surface area contributed by atoms with E-state index in [2.05, 4.69) is 21.2 Å². The van der Waals surface area contributed by atoms with Crippen LogP contribution in [0, 0.1) is 0 Å². The van der Waals surface area contributed by atoms with Gasteiger partial charge in [-0.3, -0.25) is 4.79 Å². The van der Waals surface area contributed by atoms with E-state index < -0.39 is 0 Å². The molecule has 1 aromatic rings. The Bertz CT molecular complexity index is 355. The van der Waals surface area contributed by atoms with Gasteiger partial charge in [-0.2, -0.15) is 0 Å². The Hall–Kier alpha value is -0.910. The number of nitrogens with one attached hydrogen (secondary N) is 1. The van der Waals surface area contributed by atoms with Crippen molar-refractivity contribution in [3.05, 3.63) is 28.2 Å². The molecular formula is C10H13BrN2O2. The van der Waals surface area contributed by atoms with Crippen LogP contribution in [-0.2, 0) is 16.1 Å². The SMILES string of the molecule is COCc1c(Br)cccc1NC(=O)CN. The molecule has 0 unspecified atom stereocenters. The van der Waals surface area contributed by atoms with E-state index in [4.69, 9.17) is 10.5 Å². The second-order valence-electron chi connectivity index (χ2n) is 2.95. The molecule has 0 heterocycles. The molecule has 0 bridgehead atoms. The topological polar surface area (TPSA) is 64.3 Å². The van der Waals surface area contributed by atoms with Gasteiger partial charge in [0.1, 0.15) is 0 Å². The van der Waals surface area contributed by atoms with Crippen LogP contribution in [0.25, 0.3) is 0 Å². The van der Waals surface area contributed by atoms with Crippen LogP contribution in [0.1, 0.15) is 5.56 Å². The lowest BCUT2D eigenvalue weighted by atomic mass is 10.2. The van der Waals surface area contributed by atoms with Crippen molar-refractivity contribution >= 4 is 27.5 Å². The van der Waals surface area contributed by atoms with Crippen molar-refractivity contribution in [3.8, 4) is 0 Å². The molecule has 1 rings (SSSR count). The number of anilines is 1. The van der Waals surface area contributed by atoms with Crippen molar-refractivity contribution < 1.29 is 9.53 Å². The van der Waals surface area contributed by atoms with Crippen molar-refractivity contribution in [2.75, 3.05) is 19.0 Å². The van der Waals surface area contributed by atoms with E-state index >= 15 is 0 Å². The lowest BCUT2D eigenvalue weighted by Gasteiger charge is -2.11. The number of hydrogen-bond donors (Lipinski definition) is 2. The third-order valence-corrected chi connectivity index (χ3v) is 2.61. The molecular weight excluding hydrogens is 260 g/mol. The van der Waals surface area contributed by atoms with E-state index in [1.165, 1.54) is 0 Å². The lowest BCUT2D eigenvalue weighted by Crippen LogP contribution is -2.22. The summed E-state index contributed by atoms with van der Waals surface area (Å²) in [6.45, 7) is 0.403. The maximum atomic E-state index is 11.2. The summed E-state index contributed by atoms with van der Waals surface area (Å²) in [5, 5.41) is 2.71. The van der Waals surface area contributed by atoms with E-state index in [1.807, 2.05) is 18.2 Å². The largest absolute Gasteiger partial charge is 0.380 e. The van der Waals surface area contributed by atoms with Crippen molar-refractivity contribution in [3.63, 3.8) is 0 Å². The molecule has 82 valence electrons. The minimum atomic E-state index is -0.217. The highest BCUT2D eigenvalue weighted by Gasteiger charge is 2.08. The molecule has 1 amide bonds. The predicted molar refractivity (Wildman–Crippen MR) is 62.5 cm³/mol. The summed E-state index contributed by atoms with van der Waals surface area (Å²) in [6, 6.07) is 5.55. The summed E-state index contributed by atoms with van der Waals surface area (Å²) < 4.78 is 5.95. The molecule has 0 saturated carbocycles. The summed E-state index contributed by atoms with van der Waals surface area (Å²) in [6.07, 6.45) is 0. The van der Waals surface area contributed by atoms with Gasteiger partial charge in [0, 0.05) is 22.8 Å². The molecule has 0 fully saturated rings. The first-order chi connectivity index (χ1) is 7.19. The molecule has 0 aliphatic carbocycles. The smallest absolute Gasteiger partial charge is 0.238 e. The molecule has 0 saturated heterocycles. The van der Waals surface area contributed by atoms with Gasteiger partial charge in [-0.15, -0.1) is 0 Å². The normalized spacial score (nSPS) is 10.1. The highest BCUT2D eigenvalue weighted by Crippen LogP contribution is 2.25. The molecule has 3 N–H and O–H groups in total. The molecule has 0 atom stereocenters. The third kappa shape index (κ3) is 3.30. The quantitative estimate of drug-likeness (QED) is 0.873. The van der Waals surface area contributed by atoms with E-state index in [-0.39, 0.29) is 12.5 Å². The Morgan fingerprint density at radius 3 is 2.93 bits per heavy atom. The molecule has 15 heavy (non-hydrogen) atoms. The van der Waals surface area contributed by atoms with Gasteiger partial charge in [-0.25, -0.2) is 0 Å². The van der Waals surface area contributed by atoms with Gasteiger partial charge in [0.15, 0.2) is 0 Å². The van der Waals surface area contributed by atoms with Gasteiger partial charge in [-0.1, -0.05) is 22.0 Å². The Morgan fingerprint density at radius 1 is 1.60 bits per heavy atom. The average molecular weight is 273 g/mol. The standard InChI is InChI=1S/C10H13BrN2O2/c1-15-6-7-8(11)3-2-4-9(7)13-10(14)5-12/h2-4H,5-6,12H2,1H3,(H,13,14). The van der Waals surface area contributed by atoms with Crippen LogP contribution in [0.3, 0.4) is 0 Å². The number of rotatable bonds is 4. The number of ether oxygens (including phenoxy) is 1. The Labute approximate surface area is 96.9 Å². The summed E-state index contributed by atoms with van der Waals surface area (Å²) in [7, 11) is 1.61. The summed E-state index contributed by atoms with van der Waals surface area (Å²) in [4.78, 5) is 11.2. The lowest BCUT2D eigenvalue weighted by molar-refractivity contribution is -0.114. The molecule has 0 radical (unpaired) electrons. The Balaban J connectivity index is 2.94. The molecule has 0 spiro atoms. The molecule has 0 aliphatic heterocycles. The summed E-state index contributed by atoms with van der Waals surface area (Å²) in [5.74, 6) is -0.217. The maximum absolute atomic E-state index is 11.2. The zero-order chi connectivity index (χ0) is 11.3. The molecule has 5 heteroatoms. The predicted octanol–water partition coefficient (Wildman–Crippen LogP) is 1.49. The first-order valence-corrected chi connectivity index (χ1v) is 5.24. The zero-order valence-corrected chi connectivity index (χ0v) is 10.0. The highest BCUT2D eigenvalue weighted by molar-refractivity contribution is 9.10. The van der Waals surface area contributed by atoms with E-state index in [9.17, 15) is 4.79 Å². The van der Waals surface area contributed by atoms with Gasteiger partial charge in [0.05, 0.1) is 13.2 Å². The van der Waals surface area contributed by atoms with Gasteiger partial charge >= 0.3 is 0 Å². The molecule has 0 aliphatic rings. The third-order valence-electron chi connectivity index (χ3n) is 1.87. The van der Waals surface area contributed by atoms with Crippen LogP contribution in [0.2, 0.25) is 0 Å². The monoisotopic (exact) mass is 272 g/mol. The van der Waals surface area contributed by atoms with E-state index in [1.54, 1.807) is 7.11 Å². The highest BCUT2D eigenvalue weighted by atomic mass is 79.9. The number of halogens is 1. The second kappa shape index (κ2) is 5.85. The van der Waals surface area contributed by atoms with Gasteiger partial charge in [0.2, 0.25) is 5.91 Å². The number of amides is 1. The first-order valence-electron chi connectivity index (χ1n) is 4.45.